The van der Waals surface area contributed by atoms with Crippen molar-refractivity contribution in [3.05, 3.63) is 59.2 Å². The van der Waals surface area contributed by atoms with Gasteiger partial charge in [-0.3, -0.25) is 4.79 Å². The second-order valence-corrected chi connectivity index (χ2v) is 5.35. The van der Waals surface area contributed by atoms with Gasteiger partial charge in [-0.1, -0.05) is 24.3 Å². The number of rotatable bonds is 4. The van der Waals surface area contributed by atoms with Crippen LogP contribution in [0.5, 0.6) is 5.75 Å². The fraction of sp³-hybridized carbons (Fsp3) is 0.222. The Bertz CT molecular complexity index is 740. The molecule has 0 radical (unpaired) electrons. The van der Waals surface area contributed by atoms with E-state index < -0.39 is 18.0 Å². The number of aryl methyl sites for hydroxylation is 2. The van der Waals surface area contributed by atoms with Crippen LogP contribution >= 0.6 is 0 Å². The van der Waals surface area contributed by atoms with Crippen LogP contribution in [0.15, 0.2) is 42.5 Å². The first-order chi connectivity index (χ1) is 10.9. The quantitative estimate of drug-likeness (QED) is 0.850. The van der Waals surface area contributed by atoms with Crippen LogP contribution in [0.25, 0.3) is 0 Å². The van der Waals surface area contributed by atoms with Crippen molar-refractivity contribution in [1.82, 2.24) is 0 Å². The van der Waals surface area contributed by atoms with Gasteiger partial charge in [0.05, 0.1) is 5.56 Å². The van der Waals surface area contributed by atoms with Crippen LogP contribution < -0.4 is 5.32 Å². The smallest absolute Gasteiger partial charge is 0.339 e. The summed E-state index contributed by atoms with van der Waals surface area (Å²) in [6.45, 7) is 5.10. The number of carbonyl (C=O) groups is 2. The van der Waals surface area contributed by atoms with E-state index in [9.17, 15) is 14.7 Å². The van der Waals surface area contributed by atoms with E-state index in [0.29, 0.717) is 11.3 Å². The zero-order chi connectivity index (χ0) is 17.0. The molecule has 0 spiro atoms. The third-order valence-corrected chi connectivity index (χ3v) is 3.50. The average molecular weight is 313 g/mol. The number of amides is 1. The standard InChI is InChI=1S/C18H19NO4/c1-11-6-4-5-7-15(11)19-17(21)13(3)23-18(22)14-9-8-12(2)16(20)10-14/h4-10,13,20H,1-3H3,(H,19,21)/t13-/m0/s1. The van der Waals surface area contributed by atoms with E-state index in [1.54, 1.807) is 25.1 Å². The summed E-state index contributed by atoms with van der Waals surface area (Å²) in [4.78, 5) is 24.1. The molecule has 23 heavy (non-hydrogen) atoms. The minimum absolute atomic E-state index is 0.0106. The molecule has 0 saturated carbocycles. The van der Waals surface area contributed by atoms with E-state index in [-0.39, 0.29) is 11.3 Å². The van der Waals surface area contributed by atoms with E-state index in [1.807, 2.05) is 25.1 Å². The summed E-state index contributed by atoms with van der Waals surface area (Å²) in [6, 6.07) is 11.8. The SMILES string of the molecule is Cc1ccc(C(=O)O[C@@H](C)C(=O)Nc2ccccc2C)cc1O. The molecule has 1 atom stereocenters. The Hall–Kier alpha value is -2.82. The summed E-state index contributed by atoms with van der Waals surface area (Å²) in [7, 11) is 0. The van der Waals surface area contributed by atoms with Gasteiger partial charge >= 0.3 is 5.97 Å². The first kappa shape index (κ1) is 16.5. The van der Waals surface area contributed by atoms with E-state index in [4.69, 9.17) is 4.74 Å². The Morgan fingerprint density at radius 1 is 1.09 bits per heavy atom. The molecule has 0 bridgehead atoms. The molecule has 0 aliphatic carbocycles. The summed E-state index contributed by atoms with van der Waals surface area (Å²) >= 11 is 0. The van der Waals surface area contributed by atoms with Gasteiger partial charge in [-0.25, -0.2) is 4.79 Å². The topological polar surface area (TPSA) is 75.6 Å². The summed E-state index contributed by atoms with van der Waals surface area (Å²) < 4.78 is 5.14. The molecule has 0 saturated heterocycles. The van der Waals surface area contributed by atoms with Crippen molar-refractivity contribution in [1.29, 1.82) is 0 Å². The lowest BCUT2D eigenvalue weighted by Crippen LogP contribution is -2.30. The molecule has 5 nitrogen and oxygen atoms in total. The van der Waals surface area contributed by atoms with E-state index in [2.05, 4.69) is 5.32 Å². The highest BCUT2D eigenvalue weighted by atomic mass is 16.5. The minimum Gasteiger partial charge on any atom is -0.508 e. The van der Waals surface area contributed by atoms with E-state index in [0.717, 1.165) is 5.56 Å². The number of ether oxygens (including phenoxy) is 1. The maximum absolute atomic E-state index is 12.1. The van der Waals surface area contributed by atoms with Crippen molar-refractivity contribution < 1.29 is 19.4 Å². The van der Waals surface area contributed by atoms with E-state index >= 15 is 0 Å². The van der Waals surface area contributed by atoms with Gasteiger partial charge < -0.3 is 15.2 Å². The van der Waals surface area contributed by atoms with Crippen molar-refractivity contribution in [2.45, 2.75) is 26.9 Å². The molecule has 2 aromatic rings. The van der Waals surface area contributed by atoms with Crippen molar-refractivity contribution in [2.75, 3.05) is 5.32 Å². The number of benzene rings is 2. The Labute approximate surface area is 134 Å². The van der Waals surface area contributed by atoms with E-state index in [1.165, 1.54) is 13.0 Å². The number of nitrogens with one attached hydrogen (secondary N) is 1. The molecule has 0 fully saturated rings. The third-order valence-electron chi connectivity index (χ3n) is 3.50. The van der Waals surface area contributed by atoms with Crippen molar-refractivity contribution in [2.24, 2.45) is 0 Å². The van der Waals surface area contributed by atoms with Crippen LogP contribution in [0.1, 0.15) is 28.4 Å². The van der Waals surface area contributed by atoms with Crippen LogP contribution in [-0.4, -0.2) is 23.1 Å². The number of anilines is 1. The second kappa shape index (κ2) is 6.96. The molecule has 2 N–H and O–H groups in total. The molecule has 0 aliphatic heterocycles. The molecule has 120 valence electrons. The highest BCUT2D eigenvalue weighted by molar-refractivity contribution is 5.97. The Kier molecular flexibility index (Phi) is 5.01. The zero-order valence-corrected chi connectivity index (χ0v) is 13.3. The summed E-state index contributed by atoms with van der Waals surface area (Å²) in [5, 5.41) is 12.4. The second-order valence-electron chi connectivity index (χ2n) is 5.35. The summed E-state index contributed by atoms with van der Waals surface area (Å²) in [5.41, 5.74) is 2.45. The fourth-order valence-corrected chi connectivity index (χ4v) is 1.97. The van der Waals surface area contributed by atoms with Gasteiger partial charge in [0.15, 0.2) is 6.10 Å². The molecule has 0 aromatic heterocycles. The maximum atomic E-state index is 12.1. The number of esters is 1. The van der Waals surface area contributed by atoms with Crippen molar-refractivity contribution in [3.63, 3.8) is 0 Å². The Balaban J connectivity index is 2.01. The van der Waals surface area contributed by atoms with Crippen LogP contribution in [0.2, 0.25) is 0 Å². The number of para-hydroxylation sites is 1. The lowest BCUT2D eigenvalue weighted by atomic mass is 10.1. The summed E-state index contributed by atoms with van der Waals surface area (Å²) in [6.07, 6.45) is -0.953. The monoisotopic (exact) mass is 313 g/mol. The van der Waals surface area contributed by atoms with Gasteiger partial charge in [-0.2, -0.15) is 0 Å². The first-order valence-electron chi connectivity index (χ1n) is 7.25. The highest BCUT2D eigenvalue weighted by Crippen LogP contribution is 2.19. The van der Waals surface area contributed by atoms with Crippen LogP contribution in [0.3, 0.4) is 0 Å². The van der Waals surface area contributed by atoms with Crippen LogP contribution in [0, 0.1) is 13.8 Å². The summed E-state index contributed by atoms with van der Waals surface area (Å²) in [5.74, 6) is -1.06. The van der Waals surface area contributed by atoms with Gasteiger partial charge in [0.1, 0.15) is 5.75 Å². The number of hydrogen-bond donors (Lipinski definition) is 2. The molecule has 0 unspecified atom stereocenters. The zero-order valence-electron chi connectivity index (χ0n) is 13.3. The Morgan fingerprint density at radius 3 is 2.43 bits per heavy atom. The number of phenols is 1. The highest BCUT2D eigenvalue weighted by Gasteiger charge is 2.20. The molecule has 5 heteroatoms. The number of hydrogen-bond acceptors (Lipinski definition) is 4. The van der Waals surface area contributed by atoms with Gasteiger partial charge in [-0.05, 0) is 50.1 Å². The van der Waals surface area contributed by atoms with Crippen molar-refractivity contribution in [3.8, 4) is 5.75 Å². The fourth-order valence-electron chi connectivity index (χ4n) is 1.97. The number of phenolic OH excluding ortho intramolecular Hbond substituents is 1. The molecule has 2 aromatic carbocycles. The van der Waals surface area contributed by atoms with Crippen LogP contribution in [0.4, 0.5) is 5.69 Å². The first-order valence-corrected chi connectivity index (χ1v) is 7.25. The number of aromatic hydroxyl groups is 1. The molecular formula is C18H19NO4. The van der Waals surface area contributed by atoms with Gasteiger partial charge in [0.25, 0.3) is 5.91 Å². The number of carbonyl (C=O) groups excluding carboxylic acids is 2. The lowest BCUT2D eigenvalue weighted by molar-refractivity contribution is -0.123. The average Bonchev–Trinajstić information content (AvgIpc) is 2.52. The van der Waals surface area contributed by atoms with Crippen molar-refractivity contribution >= 4 is 17.6 Å². The van der Waals surface area contributed by atoms with Crippen LogP contribution in [-0.2, 0) is 9.53 Å². The normalized spacial score (nSPS) is 11.6. The molecule has 2 rings (SSSR count). The lowest BCUT2D eigenvalue weighted by Gasteiger charge is -2.15. The molecule has 0 aliphatic rings. The maximum Gasteiger partial charge on any atom is 0.339 e. The molecule has 1 amide bonds. The van der Waals surface area contributed by atoms with Gasteiger partial charge in [0, 0.05) is 5.69 Å². The molecule has 0 heterocycles. The predicted octanol–water partition coefficient (Wildman–Crippen LogP) is 3.19. The third kappa shape index (κ3) is 4.10. The Morgan fingerprint density at radius 2 is 1.78 bits per heavy atom. The molecular weight excluding hydrogens is 294 g/mol. The predicted molar refractivity (Wildman–Crippen MR) is 87.5 cm³/mol. The van der Waals surface area contributed by atoms with Gasteiger partial charge in [0.2, 0.25) is 0 Å². The largest absolute Gasteiger partial charge is 0.508 e. The van der Waals surface area contributed by atoms with Gasteiger partial charge in [-0.15, -0.1) is 0 Å². The minimum atomic E-state index is -0.953.